The van der Waals surface area contributed by atoms with Crippen molar-refractivity contribution in [3.63, 3.8) is 0 Å². The van der Waals surface area contributed by atoms with Gasteiger partial charge in [-0.2, -0.15) is 0 Å². The van der Waals surface area contributed by atoms with Gasteiger partial charge in [0.05, 0.1) is 37.7 Å². The van der Waals surface area contributed by atoms with Crippen molar-refractivity contribution in [1.82, 2.24) is 19.8 Å². The molecule has 2 amide bonds. The van der Waals surface area contributed by atoms with Crippen molar-refractivity contribution in [2.75, 3.05) is 27.3 Å². The van der Waals surface area contributed by atoms with Crippen LogP contribution in [-0.2, 0) is 22.6 Å². The minimum atomic E-state index is -0.371. The van der Waals surface area contributed by atoms with E-state index in [9.17, 15) is 9.59 Å². The fraction of sp³-hybridized carbons (Fsp3) is 0.444. The fourth-order valence-electron chi connectivity index (χ4n) is 4.62. The minimum absolute atomic E-state index is 0.0881. The number of nitrogens with one attached hydrogen (secondary N) is 1. The SMILES string of the molecule is COc1ccc(CC(=O)NC(C)c2nc3ccccc3n2CC(=O)N2CCC(C)CC2)cc1OC. The van der Waals surface area contributed by atoms with Crippen LogP contribution in [0.25, 0.3) is 11.0 Å². The van der Waals surface area contributed by atoms with Crippen molar-refractivity contribution in [1.29, 1.82) is 0 Å². The highest BCUT2D eigenvalue weighted by Crippen LogP contribution is 2.28. The molecule has 1 unspecified atom stereocenters. The first-order valence-corrected chi connectivity index (χ1v) is 12.1. The van der Waals surface area contributed by atoms with E-state index in [0.29, 0.717) is 23.2 Å². The molecule has 0 saturated carbocycles. The minimum Gasteiger partial charge on any atom is -0.493 e. The molecule has 2 heterocycles. The zero-order valence-corrected chi connectivity index (χ0v) is 20.9. The second-order valence-corrected chi connectivity index (χ2v) is 9.26. The molecular formula is C27H34N4O4. The van der Waals surface area contributed by atoms with Gasteiger partial charge in [-0.05, 0) is 55.5 Å². The van der Waals surface area contributed by atoms with Crippen LogP contribution in [0.3, 0.4) is 0 Å². The number of fused-ring (bicyclic) bond motifs is 1. The van der Waals surface area contributed by atoms with Crippen molar-refractivity contribution in [2.45, 2.75) is 45.7 Å². The third-order valence-electron chi connectivity index (χ3n) is 6.69. The first-order valence-electron chi connectivity index (χ1n) is 12.1. The van der Waals surface area contributed by atoms with Gasteiger partial charge >= 0.3 is 0 Å². The van der Waals surface area contributed by atoms with Crippen molar-refractivity contribution in [2.24, 2.45) is 5.92 Å². The molecule has 8 nitrogen and oxygen atoms in total. The molecular weight excluding hydrogens is 444 g/mol. The summed E-state index contributed by atoms with van der Waals surface area (Å²) in [4.78, 5) is 32.7. The van der Waals surface area contributed by atoms with Crippen LogP contribution in [0, 0.1) is 5.92 Å². The Kier molecular flexibility index (Phi) is 7.58. The molecule has 1 aliphatic heterocycles. The molecule has 1 N–H and O–H groups in total. The molecule has 2 aromatic carbocycles. The molecule has 0 spiro atoms. The second-order valence-electron chi connectivity index (χ2n) is 9.26. The Morgan fingerprint density at radius 1 is 1.09 bits per heavy atom. The van der Waals surface area contributed by atoms with Gasteiger partial charge < -0.3 is 24.3 Å². The number of hydrogen-bond donors (Lipinski definition) is 1. The summed E-state index contributed by atoms with van der Waals surface area (Å²) in [6.45, 7) is 5.92. The standard InChI is InChI=1S/C27H34N4O4/c1-18-11-13-30(14-12-18)26(33)17-31-22-8-6-5-7-21(22)29-27(31)19(2)28-25(32)16-20-9-10-23(34-3)24(15-20)35-4/h5-10,15,18-19H,11-14,16-17H2,1-4H3,(H,28,32). The summed E-state index contributed by atoms with van der Waals surface area (Å²) in [6.07, 6.45) is 2.26. The zero-order chi connectivity index (χ0) is 24.9. The smallest absolute Gasteiger partial charge is 0.242 e. The Morgan fingerprint density at radius 3 is 2.51 bits per heavy atom. The van der Waals surface area contributed by atoms with Gasteiger partial charge in [-0.15, -0.1) is 0 Å². The van der Waals surface area contributed by atoms with Gasteiger partial charge in [-0.3, -0.25) is 9.59 Å². The molecule has 8 heteroatoms. The first-order chi connectivity index (χ1) is 16.9. The van der Waals surface area contributed by atoms with E-state index in [1.807, 2.05) is 46.7 Å². The maximum Gasteiger partial charge on any atom is 0.242 e. The molecule has 0 aliphatic carbocycles. The lowest BCUT2D eigenvalue weighted by atomic mass is 9.99. The molecule has 1 atom stereocenters. The van der Waals surface area contributed by atoms with E-state index in [1.54, 1.807) is 26.4 Å². The predicted molar refractivity (Wildman–Crippen MR) is 135 cm³/mol. The molecule has 186 valence electrons. The summed E-state index contributed by atoms with van der Waals surface area (Å²) >= 11 is 0. The fourth-order valence-corrected chi connectivity index (χ4v) is 4.62. The van der Waals surface area contributed by atoms with Crippen molar-refractivity contribution < 1.29 is 19.1 Å². The summed E-state index contributed by atoms with van der Waals surface area (Å²) in [5, 5.41) is 3.05. The Hall–Kier alpha value is -3.55. The lowest BCUT2D eigenvalue weighted by Crippen LogP contribution is -2.40. The predicted octanol–water partition coefficient (Wildman–Crippen LogP) is 3.73. The molecule has 4 rings (SSSR count). The number of methoxy groups -OCH3 is 2. The van der Waals surface area contributed by atoms with Crippen molar-refractivity contribution >= 4 is 22.8 Å². The molecule has 3 aromatic rings. The highest BCUT2D eigenvalue weighted by Gasteiger charge is 2.24. The molecule has 1 aromatic heterocycles. The highest BCUT2D eigenvalue weighted by atomic mass is 16.5. The lowest BCUT2D eigenvalue weighted by Gasteiger charge is -2.30. The summed E-state index contributed by atoms with van der Waals surface area (Å²) in [5.41, 5.74) is 2.51. The van der Waals surface area contributed by atoms with Crippen molar-refractivity contribution in [3.05, 3.63) is 53.9 Å². The number of aromatic nitrogens is 2. The van der Waals surface area contributed by atoms with E-state index in [2.05, 4.69) is 12.2 Å². The Morgan fingerprint density at radius 2 is 1.80 bits per heavy atom. The van der Waals surface area contributed by atoms with Crippen LogP contribution in [0.1, 0.15) is 44.1 Å². The van der Waals surface area contributed by atoms with Gasteiger partial charge in [0.15, 0.2) is 11.5 Å². The normalized spacial score (nSPS) is 15.1. The van der Waals surface area contributed by atoms with Crippen LogP contribution in [0.5, 0.6) is 11.5 Å². The average Bonchev–Trinajstić information content (AvgIpc) is 3.22. The number of nitrogens with zero attached hydrogens (tertiary/aromatic N) is 3. The van der Waals surface area contributed by atoms with Gasteiger partial charge in [-0.1, -0.05) is 25.1 Å². The molecule has 1 aliphatic rings. The number of carbonyl (C=O) groups excluding carboxylic acids is 2. The third-order valence-corrected chi connectivity index (χ3v) is 6.69. The van der Waals surface area contributed by atoms with Crippen LogP contribution in [0.2, 0.25) is 0 Å². The lowest BCUT2D eigenvalue weighted by molar-refractivity contribution is -0.133. The summed E-state index contributed by atoms with van der Waals surface area (Å²) < 4.78 is 12.6. The van der Waals surface area contributed by atoms with Gasteiger partial charge in [0.2, 0.25) is 11.8 Å². The zero-order valence-electron chi connectivity index (χ0n) is 20.9. The Bertz CT molecular complexity index is 1200. The third kappa shape index (κ3) is 5.58. The summed E-state index contributed by atoms with van der Waals surface area (Å²) in [5.74, 6) is 2.48. The summed E-state index contributed by atoms with van der Waals surface area (Å²) in [6, 6.07) is 12.8. The van der Waals surface area contributed by atoms with Gasteiger partial charge in [0.25, 0.3) is 0 Å². The van der Waals surface area contributed by atoms with Gasteiger partial charge in [-0.25, -0.2) is 4.98 Å². The van der Waals surface area contributed by atoms with Crippen LogP contribution in [0.15, 0.2) is 42.5 Å². The topological polar surface area (TPSA) is 85.7 Å². The quantitative estimate of drug-likeness (QED) is 0.533. The monoisotopic (exact) mass is 478 g/mol. The van der Waals surface area contributed by atoms with Crippen LogP contribution >= 0.6 is 0 Å². The molecule has 0 bridgehead atoms. The Balaban J connectivity index is 1.50. The number of likely N-dealkylation sites (tertiary alicyclic amines) is 1. The number of para-hydroxylation sites is 2. The highest BCUT2D eigenvalue weighted by molar-refractivity contribution is 5.82. The maximum atomic E-state index is 13.1. The van der Waals surface area contributed by atoms with Gasteiger partial charge in [0.1, 0.15) is 12.4 Å². The molecule has 1 saturated heterocycles. The maximum absolute atomic E-state index is 13.1. The van der Waals surface area contributed by atoms with Crippen LogP contribution in [-0.4, -0.2) is 53.6 Å². The van der Waals surface area contributed by atoms with E-state index < -0.39 is 0 Å². The number of hydrogen-bond acceptors (Lipinski definition) is 5. The van der Waals surface area contributed by atoms with Crippen LogP contribution in [0.4, 0.5) is 0 Å². The van der Waals surface area contributed by atoms with E-state index in [-0.39, 0.29) is 30.8 Å². The molecule has 1 fully saturated rings. The number of imidazole rings is 1. The number of ether oxygens (including phenoxy) is 2. The number of rotatable bonds is 8. The second kappa shape index (κ2) is 10.8. The van der Waals surface area contributed by atoms with Crippen LogP contribution < -0.4 is 14.8 Å². The van der Waals surface area contributed by atoms with E-state index in [1.165, 1.54) is 0 Å². The van der Waals surface area contributed by atoms with E-state index in [4.69, 9.17) is 14.5 Å². The average molecular weight is 479 g/mol. The van der Waals surface area contributed by atoms with Gasteiger partial charge in [0, 0.05) is 13.1 Å². The summed E-state index contributed by atoms with van der Waals surface area (Å²) in [7, 11) is 3.15. The van der Waals surface area contributed by atoms with Crippen molar-refractivity contribution in [3.8, 4) is 11.5 Å². The first kappa shape index (κ1) is 24.6. The number of piperidine rings is 1. The number of amides is 2. The van der Waals surface area contributed by atoms with E-state index in [0.717, 1.165) is 42.5 Å². The molecule has 35 heavy (non-hydrogen) atoms. The number of carbonyl (C=O) groups is 2. The molecule has 0 radical (unpaired) electrons. The Labute approximate surface area is 206 Å². The largest absolute Gasteiger partial charge is 0.493 e. The number of benzene rings is 2. The van der Waals surface area contributed by atoms with E-state index >= 15 is 0 Å².